The van der Waals surface area contributed by atoms with Crippen molar-refractivity contribution >= 4 is 17.4 Å². The molecule has 1 unspecified atom stereocenters. The molecule has 0 aliphatic carbocycles. The van der Waals surface area contributed by atoms with Crippen LogP contribution in [0.25, 0.3) is 0 Å². The summed E-state index contributed by atoms with van der Waals surface area (Å²) in [5.41, 5.74) is 0.774. The van der Waals surface area contributed by atoms with E-state index in [4.69, 9.17) is 10.2 Å². The maximum atomic E-state index is 9.61. The van der Waals surface area contributed by atoms with E-state index in [9.17, 15) is 5.11 Å². The van der Waals surface area contributed by atoms with Crippen molar-refractivity contribution in [2.24, 2.45) is 0 Å². The number of thiocarbonyl (C=S) groups is 1. The van der Waals surface area contributed by atoms with Crippen LogP contribution in [0.2, 0.25) is 0 Å². The maximum absolute atomic E-state index is 9.61. The Bertz CT molecular complexity index is 318. The lowest BCUT2D eigenvalue weighted by Crippen LogP contribution is -2.39. The summed E-state index contributed by atoms with van der Waals surface area (Å²) in [6, 6.07) is 9.02. The first-order valence-electron chi connectivity index (χ1n) is 4.48. The third-order valence-corrected chi connectivity index (χ3v) is 2.19. The fourth-order valence-electron chi connectivity index (χ4n) is 1.31. The molecule has 0 aliphatic heterocycles. The molecular formula is C10H13NO3S. The van der Waals surface area contributed by atoms with Gasteiger partial charge < -0.3 is 20.6 Å². The zero-order valence-corrected chi connectivity index (χ0v) is 8.81. The second-order valence-electron chi connectivity index (χ2n) is 3.09. The molecule has 0 saturated heterocycles. The Hall–Kier alpha value is -1.17. The van der Waals surface area contributed by atoms with Gasteiger partial charge in [-0.15, -0.1) is 0 Å². The normalized spacial score (nSPS) is 14.3. The van der Waals surface area contributed by atoms with Crippen molar-refractivity contribution in [3.63, 3.8) is 0 Å². The Kier molecular flexibility index (Phi) is 4.48. The average molecular weight is 227 g/mol. The summed E-state index contributed by atoms with van der Waals surface area (Å²) in [5.74, 6) is -0.517. The van der Waals surface area contributed by atoms with Crippen LogP contribution in [0.3, 0.4) is 0 Å². The fraction of sp³-hybridized carbons (Fsp3) is 0.300. The van der Waals surface area contributed by atoms with E-state index in [-0.39, 0.29) is 6.61 Å². The minimum atomic E-state index is -1.10. The second-order valence-corrected chi connectivity index (χ2v) is 3.48. The van der Waals surface area contributed by atoms with Gasteiger partial charge >= 0.3 is 0 Å². The topological polar surface area (TPSA) is 72.7 Å². The summed E-state index contributed by atoms with van der Waals surface area (Å²) in [6.45, 7) is -0.235. The van der Waals surface area contributed by atoms with Crippen molar-refractivity contribution in [3.05, 3.63) is 35.9 Å². The van der Waals surface area contributed by atoms with Gasteiger partial charge in [-0.3, -0.25) is 0 Å². The molecule has 0 bridgehead atoms. The molecule has 4 nitrogen and oxygen atoms in total. The molecular weight excluding hydrogens is 214 g/mol. The summed E-state index contributed by atoms with van der Waals surface area (Å²) in [4.78, 5) is 0. The van der Waals surface area contributed by atoms with Crippen molar-refractivity contribution in [2.45, 2.75) is 12.1 Å². The number of rotatable bonds is 4. The average Bonchev–Trinajstić information content (AvgIpc) is 2.19. The number of aliphatic hydroxyl groups excluding tert-OH is 3. The minimum absolute atomic E-state index is 0.235. The standard InChI is InChI=1S/C10H13NO3S/c12-6-8(9(13)11-10(14)15)7-4-2-1-3-5-7/h1-5,8-9,12-13H,6H2,(H2,11,14,15)/t8?,9-/m0/s1. The summed E-state index contributed by atoms with van der Waals surface area (Å²) >= 11 is 4.39. The van der Waals surface area contributed by atoms with Crippen LogP contribution >= 0.6 is 12.2 Å². The zero-order valence-electron chi connectivity index (χ0n) is 8.00. The third-order valence-electron chi connectivity index (χ3n) is 2.08. The van der Waals surface area contributed by atoms with Crippen LogP contribution in [0.5, 0.6) is 0 Å². The molecule has 1 aromatic rings. The highest BCUT2D eigenvalue weighted by molar-refractivity contribution is 7.79. The lowest BCUT2D eigenvalue weighted by atomic mass is 9.98. The molecule has 0 spiro atoms. The first-order valence-corrected chi connectivity index (χ1v) is 4.89. The van der Waals surface area contributed by atoms with Crippen LogP contribution < -0.4 is 5.32 Å². The van der Waals surface area contributed by atoms with Crippen molar-refractivity contribution in [2.75, 3.05) is 6.61 Å². The van der Waals surface area contributed by atoms with Crippen molar-refractivity contribution in [1.29, 1.82) is 0 Å². The van der Waals surface area contributed by atoms with E-state index in [1.165, 1.54) is 0 Å². The van der Waals surface area contributed by atoms with Gasteiger partial charge in [-0.25, -0.2) is 0 Å². The van der Waals surface area contributed by atoms with Crippen LogP contribution in [0.1, 0.15) is 11.5 Å². The molecule has 5 heteroatoms. The van der Waals surface area contributed by atoms with Gasteiger partial charge in [-0.1, -0.05) is 30.3 Å². The number of hydrogen-bond donors (Lipinski definition) is 4. The van der Waals surface area contributed by atoms with Gasteiger partial charge in [-0.05, 0) is 17.8 Å². The molecule has 0 saturated carbocycles. The van der Waals surface area contributed by atoms with Crippen LogP contribution in [0.4, 0.5) is 0 Å². The van der Waals surface area contributed by atoms with Gasteiger partial charge in [0.05, 0.1) is 12.5 Å². The summed E-state index contributed by atoms with van der Waals surface area (Å²) in [5, 5.41) is 29.3. The van der Waals surface area contributed by atoms with E-state index >= 15 is 0 Å². The maximum Gasteiger partial charge on any atom is 0.256 e. The number of hydrogen-bond acceptors (Lipinski definition) is 3. The fourth-order valence-corrected chi connectivity index (χ4v) is 1.44. The number of benzene rings is 1. The molecule has 0 fully saturated rings. The Balaban J connectivity index is 2.75. The molecule has 0 amide bonds. The molecule has 0 heterocycles. The van der Waals surface area contributed by atoms with E-state index < -0.39 is 17.3 Å². The molecule has 0 radical (unpaired) electrons. The summed E-state index contributed by atoms with van der Waals surface area (Å²) in [6.07, 6.45) is -1.10. The molecule has 82 valence electrons. The highest BCUT2D eigenvalue weighted by atomic mass is 32.1. The van der Waals surface area contributed by atoms with Crippen LogP contribution in [-0.4, -0.2) is 33.3 Å². The smallest absolute Gasteiger partial charge is 0.256 e. The lowest BCUT2D eigenvalue weighted by molar-refractivity contribution is 0.0914. The predicted octanol–water partition coefficient (Wildman–Crippen LogP) is 0.513. The number of aliphatic hydroxyl groups is 3. The van der Waals surface area contributed by atoms with Crippen molar-refractivity contribution in [1.82, 2.24) is 5.32 Å². The minimum Gasteiger partial charge on any atom is -0.487 e. The zero-order chi connectivity index (χ0) is 11.3. The number of nitrogens with one attached hydrogen (secondary N) is 1. The van der Waals surface area contributed by atoms with Gasteiger partial charge in [0, 0.05) is 0 Å². The van der Waals surface area contributed by atoms with Gasteiger partial charge in [0.15, 0.2) is 0 Å². The molecule has 2 atom stereocenters. The highest BCUT2D eigenvalue weighted by Crippen LogP contribution is 2.17. The summed E-state index contributed by atoms with van der Waals surface area (Å²) in [7, 11) is 0. The molecule has 0 aliphatic rings. The Morgan fingerprint density at radius 1 is 1.33 bits per heavy atom. The van der Waals surface area contributed by atoms with Gasteiger partial charge in [0.2, 0.25) is 0 Å². The quantitative estimate of drug-likeness (QED) is 0.446. The van der Waals surface area contributed by atoms with E-state index in [0.717, 1.165) is 5.56 Å². The van der Waals surface area contributed by atoms with Gasteiger partial charge in [0.25, 0.3) is 5.17 Å². The molecule has 15 heavy (non-hydrogen) atoms. The molecule has 0 aromatic heterocycles. The second kappa shape index (κ2) is 5.65. The lowest BCUT2D eigenvalue weighted by Gasteiger charge is -2.21. The summed E-state index contributed by atoms with van der Waals surface area (Å²) < 4.78 is 0. The monoisotopic (exact) mass is 227 g/mol. The van der Waals surface area contributed by atoms with E-state index in [1.807, 2.05) is 18.2 Å². The third kappa shape index (κ3) is 3.47. The molecule has 1 rings (SSSR count). The van der Waals surface area contributed by atoms with E-state index in [1.54, 1.807) is 12.1 Å². The van der Waals surface area contributed by atoms with Gasteiger partial charge in [-0.2, -0.15) is 0 Å². The SMILES string of the molecule is OCC(c1ccccc1)[C@H](O)NC(O)=S. The largest absolute Gasteiger partial charge is 0.487 e. The van der Waals surface area contributed by atoms with E-state index in [2.05, 4.69) is 17.5 Å². The molecule has 4 N–H and O–H groups in total. The van der Waals surface area contributed by atoms with Crippen molar-refractivity contribution in [3.8, 4) is 0 Å². The Labute approximate surface area is 93.2 Å². The van der Waals surface area contributed by atoms with Gasteiger partial charge in [0.1, 0.15) is 6.23 Å². The van der Waals surface area contributed by atoms with E-state index in [0.29, 0.717) is 0 Å². The Morgan fingerprint density at radius 2 is 1.93 bits per heavy atom. The first kappa shape index (κ1) is 11.9. The predicted molar refractivity (Wildman–Crippen MR) is 60.6 cm³/mol. The van der Waals surface area contributed by atoms with Crippen LogP contribution in [0.15, 0.2) is 30.3 Å². The molecule has 1 aromatic carbocycles. The van der Waals surface area contributed by atoms with Crippen molar-refractivity contribution < 1.29 is 15.3 Å². The van der Waals surface area contributed by atoms with Crippen LogP contribution in [0, 0.1) is 0 Å². The Morgan fingerprint density at radius 3 is 2.40 bits per heavy atom. The highest BCUT2D eigenvalue weighted by Gasteiger charge is 2.20. The van der Waals surface area contributed by atoms with Crippen LogP contribution in [-0.2, 0) is 0 Å². The first-order chi connectivity index (χ1) is 7.15.